The zero-order valence-corrected chi connectivity index (χ0v) is 14.5. The maximum atomic E-state index is 13.7. The van der Waals surface area contributed by atoms with Gasteiger partial charge in [0.2, 0.25) is 5.91 Å². The van der Waals surface area contributed by atoms with Gasteiger partial charge in [-0.15, -0.1) is 0 Å². The predicted molar refractivity (Wildman–Crippen MR) is 95.0 cm³/mol. The molecule has 1 amide bonds. The third kappa shape index (κ3) is 3.72. The van der Waals surface area contributed by atoms with Gasteiger partial charge in [0, 0.05) is 31.2 Å². The lowest BCUT2D eigenvalue weighted by Gasteiger charge is -2.19. The van der Waals surface area contributed by atoms with E-state index in [1.807, 2.05) is 0 Å². The lowest BCUT2D eigenvalue weighted by Crippen LogP contribution is -2.36. The average Bonchev–Trinajstić information content (AvgIpc) is 3.02. The summed E-state index contributed by atoms with van der Waals surface area (Å²) < 4.78 is 16.8. The number of carbonyl (C=O) groups excluding carboxylic acids is 1. The minimum Gasteiger partial charge on any atom is -0.341 e. The first-order valence-corrected chi connectivity index (χ1v) is 8.14. The van der Waals surface area contributed by atoms with Crippen LogP contribution in [0.4, 0.5) is 4.39 Å². The normalized spacial score (nSPS) is 12.0. The SMILES string of the molecule is Cc1cccn(CC(=O)NC(c2cccc(F)c2)c2nccn2C)c1=O. The summed E-state index contributed by atoms with van der Waals surface area (Å²) in [6.45, 7) is 1.57. The maximum Gasteiger partial charge on any atom is 0.253 e. The summed E-state index contributed by atoms with van der Waals surface area (Å²) in [6.07, 6.45) is 4.92. The van der Waals surface area contributed by atoms with Crippen LogP contribution in [0, 0.1) is 12.7 Å². The number of hydrogen-bond acceptors (Lipinski definition) is 3. The van der Waals surface area contributed by atoms with E-state index in [-0.39, 0.29) is 18.0 Å². The Morgan fingerprint density at radius 2 is 2.08 bits per heavy atom. The highest BCUT2D eigenvalue weighted by Gasteiger charge is 2.21. The molecule has 0 bridgehead atoms. The first-order valence-electron chi connectivity index (χ1n) is 8.14. The van der Waals surface area contributed by atoms with Crippen molar-refractivity contribution >= 4 is 5.91 Å². The molecule has 0 saturated heterocycles. The molecular formula is C19H19FN4O2. The summed E-state index contributed by atoms with van der Waals surface area (Å²) in [5, 5.41) is 2.85. The molecule has 3 rings (SSSR count). The van der Waals surface area contributed by atoms with Gasteiger partial charge in [0.25, 0.3) is 5.56 Å². The molecule has 134 valence electrons. The first-order chi connectivity index (χ1) is 12.5. The third-order valence-corrected chi connectivity index (χ3v) is 4.13. The Morgan fingerprint density at radius 1 is 1.27 bits per heavy atom. The fourth-order valence-corrected chi connectivity index (χ4v) is 2.78. The standard InChI is InChI=1S/C19H19FN4O2/c1-13-5-4-9-24(19(13)26)12-16(25)22-17(18-21-8-10-23(18)2)14-6-3-7-15(20)11-14/h3-11,17H,12H2,1-2H3,(H,22,25). The van der Waals surface area contributed by atoms with Crippen molar-refractivity contribution in [2.75, 3.05) is 0 Å². The van der Waals surface area contributed by atoms with E-state index in [9.17, 15) is 14.0 Å². The second-order valence-electron chi connectivity index (χ2n) is 6.08. The monoisotopic (exact) mass is 354 g/mol. The molecule has 1 aromatic carbocycles. The molecule has 0 fully saturated rings. The quantitative estimate of drug-likeness (QED) is 0.761. The Labute approximate surface area is 149 Å². The van der Waals surface area contributed by atoms with Crippen LogP contribution in [-0.4, -0.2) is 20.0 Å². The van der Waals surface area contributed by atoms with Crippen LogP contribution in [0.5, 0.6) is 0 Å². The highest BCUT2D eigenvalue weighted by Crippen LogP contribution is 2.21. The van der Waals surface area contributed by atoms with Crippen molar-refractivity contribution in [1.82, 2.24) is 19.4 Å². The van der Waals surface area contributed by atoms with Gasteiger partial charge in [0.1, 0.15) is 24.2 Å². The zero-order chi connectivity index (χ0) is 18.7. The number of imidazole rings is 1. The van der Waals surface area contributed by atoms with Crippen molar-refractivity contribution in [3.8, 4) is 0 Å². The van der Waals surface area contributed by atoms with E-state index in [1.165, 1.54) is 16.7 Å². The number of aromatic nitrogens is 3. The molecule has 26 heavy (non-hydrogen) atoms. The Kier molecular flexibility index (Phi) is 4.97. The molecule has 2 aromatic heterocycles. The molecule has 0 aliphatic heterocycles. The Morgan fingerprint density at radius 3 is 2.77 bits per heavy atom. The van der Waals surface area contributed by atoms with Crippen molar-refractivity contribution in [3.05, 3.63) is 88.1 Å². The Balaban J connectivity index is 1.88. The fourth-order valence-electron chi connectivity index (χ4n) is 2.78. The molecule has 0 aliphatic rings. The summed E-state index contributed by atoms with van der Waals surface area (Å²) in [5.41, 5.74) is 0.914. The van der Waals surface area contributed by atoms with Crippen LogP contribution in [0.2, 0.25) is 0 Å². The van der Waals surface area contributed by atoms with Crippen molar-refractivity contribution in [2.24, 2.45) is 7.05 Å². The highest BCUT2D eigenvalue weighted by atomic mass is 19.1. The summed E-state index contributed by atoms with van der Waals surface area (Å²) in [7, 11) is 1.80. The van der Waals surface area contributed by atoms with E-state index < -0.39 is 11.9 Å². The Bertz CT molecular complexity index is 993. The molecule has 0 saturated carbocycles. The number of aryl methyl sites for hydroxylation is 2. The lowest BCUT2D eigenvalue weighted by molar-refractivity contribution is -0.122. The number of halogens is 1. The summed E-state index contributed by atoms with van der Waals surface area (Å²) in [4.78, 5) is 28.9. The largest absolute Gasteiger partial charge is 0.341 e. The molecule has 0 aliphatic carbocycles. The van der Waals surface area contributed by atoms with Crippen LogP contribution in [-0.2, 0) is 18.4 Å². The molecule has 0 spiro atoms. The van der Waals surface area contributed by atoms with Crippen molar-refractivity contribution in [3.63, 3.8) is 0 Å². The number of pyridine rings is 1. The van der Waals surface area contributed by atoms with Gasteiger partial charge < -0.3 is 14.5 Å². The minimum absolute atomic E-state index is 0.128. The van der Waals surface area contributed by atoms with Crippen LogP contribution >= 0.6 is 0 Å². The average molecular weight is 354 g/mol. The maximum absolute atomic E-state index is 13.7. The first kappa shape index (κ1) is 17.6. The fraction of sp³-hybridized carbons (Fsp3) is 0.211. The number of nitrogens with zero attached hydrogens (tertiary/aromatic N) is 3. The third-order valence-electron chi connectivity index (χ3n) is 4.13. The van der Waals surface area contributed by atoms with E-state index in [0.717, 1.165) is 0 Å². The smallest absolute Gasteiger partial charge is 0.253 e. The highest BCUT2D eigenvalue weighted by molar-refractivity contribution is 5.76. The van der Waals surface area contributed by atoms with Crippen LogP contribution < -0.4 is 10.9 Å². The number of nitrogens with one attached hydrogen (secondary N) is 1. The summed E-state index contributed by atoms with van der Waals surface area (Å²) in [5.74, 6) is -0.193. The van der Waals surface area contributed by atoms with E-state index in [1.54, 1.807) is 61.4 Å². The number of rotatable bonds is 5. The van der Waals surface area contributed by atoms with Gasteiger partial charge in [-0.3, -0.25) is 9.59 Å². The molecule has 0 radical (unpaired) electrons. The van der Waals surface area contributed by atoms with Crippen molar-refractivity contribution in [1.29, 1.82) is 0 Å². The van der Waals surface area contributed by atoms with Gasteiger partial charge in [-0.2, -0.15) is 0 Å². The van der Waals surface area contributed by atoms with Gasteiger partial charge in [0.05, 0.1) is 0 Å². The molecule has 6 nitrogen and oxygen atoms in total. The Hall–Kier alpha value is -3.22. The molecule has 3 aromatic rings. The summed E-state index contributed by atoms with van der Waals surface area (Å²) >= 11 is 0. The topological polar surface area (TPSA) is 68.9 Å². The number of hydrogen-bond donors (Lipinski definition) is 1. The van der Waals surface area contributed by atoms with Gasteiger partial charge >= 0.3 is 0 Å². The van der Waals surface area contributed by atoms with Gasteiger partial charge in [-0.1, -0.05) is 18.2 Å². The van der Waals surface area contributed by atoms with E-state index in [4.69, 9.17) is 0 Å². The van der Waals surface area contributed by atoms with Crippen molar-refractivity contribution < 1.29 is 9.18 Å². The number of carbonyl (C=O) groups is 1. The van der Waals surface area contributed by atoms with Crippen LogP contribution in [0.1, 0.15) is 23.0 Å². The molecule has 1 atom stereocenters. The second kappa shape index (κ2) is 7.35. The number of amides is 1. The van der Waals surface area contributed by atoms with Crippen molar-refractivity contribution in [2.45, 2.75) is 19.5 Å². The van der Waals surface area contributed by atoms with Gasteiger partial charge in [-0.05, 0) is 30.7 Å². The molecule has 7 heteroatoms. The minimum atomic E-state index is -0.626. The van der Waals surface area contributed by atoms with E-state index in [2.05, 4.69) is 10.3 Å². The molecule has 2 heterocycles. The van der Waals surface area contributed by atoms with Crippen LogP contribution in [0.15, 0.2) is 59.8 Å². The molecule has 1 N–H and O–H groups in total. The predicted octanol–water partition coefficient (Wildman–Crippen LogP) is 1.94. The number of benzene rings is 1. The second-order valence-corrected chi connectivity index (χ2v) is 6.08. The summed E-state index contributed by atoms with van der Waals surface area (Å²) in [6, 6.07) is 8.79. The molecular weight excluding hydrogens is 335 g/mol. The lowest BCUT2D eigenvalue weighted by atomic mass is 10.1. The molecule has 1 unspecified atom stereocenters. The van der Waals surface area contributed by atoms with Crippen LogP contribution in [0.3, 0.4) is 0 Å². The van der Waals surface area contributed by atoms with E-state index in [0.29, 0.717) is 17.0 Å². The van der Waals surface area contributed by atoms with Crippen LogP contribution in [0.25, 0.3) is 0 Å². The van der Waals surface area contributed by atoms with Gasteiger partial charge in [0.15, 0.2) is 0 Å². The van der Waals surface area contributed by atoms with Gasteiger partial charge in [-0.25, -0.2) is 9.37 Å². The van der Waals surface area contributed by atoms with E-state index >= 15 is 0 Å². The zero-order valence-electron chi connectivity index (χ0n) is 14.5.